The fourth-order valence-corrected chi connectivity index (χ4v) is 2.42. The fourth-order valence-electron chi connectivity index (χ4n) is 2.22. The van der Waals surface area contributed by atoms with Gasteiger partial charge >= 0.3 is 5.97 Å². The van der Waals surface area contributed by atoms with E-state index in [0.29, 0.717) is 36.8 Å². The summed E-state index contributed by atoms with van der Waals surface area (Å²) in [6.07, 6.45) is 0.00355. The number of esters is 1. The minimum absolute atomic E-state index is 0.210. The highest BCUT2D eigenvalue weighted by Gasteiger charge is 2.23. The number of carbonyl (C=O) groups excluding carboxylic acids is 1. The second-order valence-electron chi connectivity index (χ2n) is 4.74. The zero-order valence-corrected chi connectivity index (χ0v) is 12.0. The Balaban J connectivity index is 1.95. The van der Waals surface area contributed by atoms with Crippen LogP contribution in [-0.2, 0) is 20.8 Å². The van der Waals surface area contributed by atoms with Gasteiger partial charge < -0.3 is 9.47 Å². The molecular weight excluding hydrogens is 285 g/mol. The summed E-state index contributed by atoms with van der Waals surface area (Å²) in [6, 6.07) is 4.52. The van der Waals surface area contributed by atoms with Gasteiger partial charge in [0.25, 0.3) is 0 Å². The molecule has 0 amide bonds. The molecule has 0 radical (unpaired) electrons. The van der Waals surface area contributed by atoms with E-state index in [1.165, 1.54) is 19.2 Å². The van der Waals surface area contributed by atoms with Crippen LogP contribution in [0.1, 0.15) is 12.0 Å². The summed E-state index contributed by atoms with van der Waals surface area (Å²) in [5, 5.41) is 0.515. The molecule has 1 aromatic carbocycles. The van der Waals surface area contributed by atoms with Crippen molar-refractivity contribution in [2.24, 2.45) is 0 Å². The van der Waals surface area contributed by atoms with Gasteiger partial charge in [0, 0.05) is 30.2 Å². The molecule has 1 aliphatic rings. The number of carbonyl (C=O) groups is 1. The molecule has 1 atom stereocenters. The van der Waals surface area contributed by atoms with Crippen LogP contribution < -0.4 is 0 Å². The van der Waals surface area contributed by atoms with Gasteiger partial charge in [0.1, 0.15) is 5.82 Å². The molecule has 6 heteroatoms. The van der Waals surface area contributed by atoms with Crippen molar-refractivity contribution in [3.8, 4) is 0 Å². The lowest BCUT2D eigenvalue weighted by atomic mass is 10.1. The average molecular weight is 302 g/mol. The molecule has 20 heavy (non-hydrogen) atoms. The maximum Gasteiger partial charge on any atom is 0.308 e. The summed E-state index contributed by atoms with van der Waals surface area (Å²) >= 11 is 5.88. The third kappa shape index (κ3) is 4.16. The van der Waals surface area contributed by atoms with Gasteiger partial charge in [-0.25, -0.2) is 4.39 Å². The molecule has 0 saturated carbocycles. The molecule has 0 aromatic heterocycles. The molecule has 0 aliphatic carbocycles. The molecule has 1 saturated heterocycles. The highest BCUT2D eigenvalue weighted by Crippen LogP contribution is 2.18. The quantitative estimate of drug-likeness (QED) is 0.800. The van der Waals surface area contributed by atoms with E-state index in [0.717, 1.165) is 0 Å². The first-order valence-electron chi connectivity index (χ1n) is 6.43. The van der Waals surface area contributed by atoms with Crippen molar-refractivity contribution in [3.63, 3.8) is 0 Å². The zero-order chi connectivity index (χ0) is 14.5. The number of hydrogen-bond acceptors (Lipinski definition) is 4. The van der Waals surface area contributed by atoms with Gasteiger partial charge in [-0.15, -0.1) is 0 Å². The third-order valence-corrected chi connectivity index (χ3v) is 3.48. The zero-order valence-electron chi connectivity index (χ0n) is 11.3. The predicted molar refractivity (Wildman–Crippen MR) is 73.1 cm³/mol. The molecule has 110 valence electrons. The minimum Gasteiger partial charge on any atom is -0.469 e. The second kappa shape index (κ2) is 7.02. The third-order valence-electron chi connectivity index (χ3n) is 3.25. The van der Waals surface area contributed by atoms with Crippen molar-refractivity contribution in [3.05, 3.63) is 34.6 Å². The standard InChI is InChI=1S/C14H17ClFNO3/c1-19-14(18)7-12-9-17(4-5-20-12)8-10-6-11(15)2-3-13(10)16/h2-3,6,12H,4-5,7-9H2,1H3. The lowest BCUT2D eigenvalue weighted by Crippen LogP contribution is -2.43. The molecule has 1 fully saturated rings. The van der Waals surface area contributed by atoms with Gasteiger partial charge in [-0.2, -0.15) is 0 Å². The monoisotopic (exact) mass is 301 g/mol. The van der Waals surface area contributed by atoms with Crippen LogP contribution in [0.15, 0.2) is 18.2 Å². The molecule has 1 unspecified atom stereocenters. The molecule has 1 aromatic rings. The molecule has 2 rings (SSSR count). The van der Waals surface area contributed by atoms with Gasteiger partial charge in [0.2, 0.25) is 0 Å². The Morgan fingerprint density at radius 1 is 1.60 bits per heavy atom. The normalized spacial score (nSPS) is 19.9. The topological polar surface area (TPSA) is 38.8 Å². The molecular formula is C14H17ClFNO3. The Kier molecular flexibility index (Phi) is 5.34. The summed E-state index contributed by atoms with van der Waals surface area (Å²) in [5.74, 6) is -0.573. The van der Waals surface area contributed by atoms with E-state index in [-0.39, 0.29) is 24.3 Å². The summed E-state index contributed by atoms with van der Waals surface area (Å²) in [4.78, 5) is 13.3. The van der Waals surface area contributed by atoms with Crippen LogP contribution in [0.4, 0.5) is 4.39 Å². The minimum atomic E-state index is -0.300. The van der Waals surface area contributed by atoms with E-state index < -0.39 is 0 Å². The number of rotatable bonds is 4. The first-order valence-corrected chi connectivity index (χ1v) is 6.81. The SMILES string of the molecule is COC(=O)CC1CN(Cc2cc(Cl)ccc2F)CCO1. The lowest BCUT2D eigenvalue weighted by Gasteiger charge is -2.32. The lowest BCUT2D eigenvalue weighted by molar-refractivity contribution is -0.145. The second-order valence-corrected chi connectivity index (χ2v) is 5.18. The summed E-state index contributed by atoms with van der Waals surface area (Å²) < 4.78 is 23.8. The van der Waals surface area contributed by atoms with Gasteiger partial charge in [-0.1, -0.05) is 11.6 Å². The number of methoxy groups -OCH3 is 1. The van der Waals surface area contributed by atoms with Gasteiger partial charge in [0.15, 0.2) is 0 Å². The van der Waals surface area contributed by atoms with E-state index in [4.69, 9.17) is 16.3 Å². The van der Waals surface area contributed by atoms with E-state index >= 15 is 0 Å². The fraction of sp³-hybridized carbons (Fsp3) is 0.500. The van der Waals surface area contributed by atoms with E-state index in [9.17, 15) is 9.18 Å². The molecule has 0 N–H and O–H groups in total. The van der Waals surface area contributed by atoms with Crippen molar-refractivity contribution in [1.29, 1.82) is 0 Å². The van der Waals surface area contributed by atoms with Crippen LogP contribution in [0.3, 0.4) is 0 Å². The Morgan fingerprint density at radius 2 is 2.40 bits per heavy atom. The van der Waals surface area contributed by atoms with Crippen molar-refractivity contribution in [2.75, 3.05) is 26.8 Å². The van der Waals surface area contributed by atoms with Crippen LogP contribution in [0.5, 0.6) is 0 Å². The first-order chi connectivity index (χ1) is 9.58. The Hall–Kier alpha value is -1.17. The summed E-state index contributed by atoms with van der Waals surface area (Å²) in [5.41, 5.74) is 0.552. The number of ether oxygens (including phenoxy) is 2. The van der Waals surface area contributed by atoms with E-state index in [1.807, 2.05) is 4.90 Å². The van der Waals surface area contributed by atoms with Crippen LogP contribution in [0, 0.1) is 5.82 Å². The predicted octanol–water partition coefficient (Wildman–Crippen LogP) is 2.24. The number of benzene rings is 1. The van der Waals surface area contributed by atoms with Gasteiger partial charge in [-0.05, 0) is 18.2 Å². The van der Waals surface area contributed by atoms with E-state index in [1.54, 1.807) is 6.07 Å². The summed E-state index contributed by atoms with van der Waals surface area (Å²) in [7, 11) is 1.35. The van der Waals surface area contributed by atoms with Crippen LogP contribution in [0.25, 0.3) is 0 Å². The maximum atomic E-state index is 13.7. The van der Waals surface area contributed by atoms with Crippen molar-refractivity contribution in [1.82, 2.24) is 4.90 Å². The molecule has 0 bridgehead atoms. The van der Waals surface area contributed by atoms with Crippen molar-refractivity contribution < 1.29 is 18.7 Å². The highest BCUT2D eigenvalue weighted by molar-refractivity contribution is 6.30. The van der Waals surface area contributed by atoms with Crippen LogP contribution >= 0.6 is 11.6 Å². The molecule has 1 heterocycles. The highest BCUT2D eigenvalue weighted by atomic mass is 35.5. The van der Waals surface area contributed by atoms with Crippen LogP contribution in [-0.4, -0.2) is 43.8 Å². The largest absolute Gasteiger partial charge is 0.469 e. The van der Waals surface area contributed by atoms with E-state index in [2.05, 4.69) is 4.74 Å². The van der Waals surface area contributed by atoms with Crippen molar-refractivity contribution in [2.45, 2.75) is 19.1 Å². The van der Waals surface area contributed by atoms with Crippen LogP contribution in [0.2, 0.25) is 5.02 Å². The first kappa shape index (κ1) is 15.2. The molecule has 4 nitrogen and oxygen atoms in total. The molecule has 0 spiro atoms. The summed E-state index contributed by atoms with van der Waals surface area (Å²) in [6.45, 7) is 2.24. The Bertz CT molecular complexity index is 483. The van der Waals surface area contributed by atoms with Gasteiger partial charge in [-0.3, -0.25) is 9.69 Å². The number of nitrogens with zero attached hydrogens (tertiary/aromatic N) is 1. The average Bonchev–Trinajstić information content (AvgIpc) is 2.43. The number of halogens is 2. The smallest absolute Gasteiger partial charge is 0.308 e. The van der Waals surface area contributed by atoms with Crippen molar-refractivity contribution >= 4 is 17.6 Å². The number of morpholine rings is 1. The Labute approximate surface area is 122 Å². The number of hydrogen-bond donors (Lipinski definition) is 0. The Morgan fingerprint density at radius 3 is 3.15 bits per heavy atom. The van der Waals surface area contributed by atoms with Gasteiger partial charge in [0.05, 0.1) is 26.2 Å². The molecule has 1 aliphatic heterocycles. The maximum absolute atomic E-state index is 13.7.